The van der Waals surface area contributed by atoms with Gasteiger partial charge < -0.3 is 15.7 Å². The highest BCUT2D eigenvalue weighted by Gasteiger charge is 2.30. The van der Waals surface area contributed by atoms with Crippen molar-refractivity contribution in [3.05, 3.63) is 0 Å². The summed E-state index contributed by atoms with van der Waals surface area (Å²) in [7, 11) is 2.09. The van der Waals surface area contributed by atoms with Crippen LogP contribution in [0.25, 0.3) is 0 Å². The van der Waals surface area contributed by atoms with E-state index in [0.717, 1.165) is 24.8 Å². The molecule has 4 unspecified atom stereocenters. The van der Waals surface area contributed by atoms with Gasteiger partial charge in [-0.2, -0.15) is 0 Å². The van der Waals surface area contributed by atoms with Crippen molar-refractivity contribution in [1.82, 2.24) is 4.90 Å². The number of aliphatic hydroxyl groups excluding tert-OH is 1. The summed E-state index contributed by atoms with van der Waals surface area (Å²) < 4.78 is 0. The Labute approximate surface area is 106 Å². The molecule has 4 atom stereocenters. The van der Waals surface area contributed by atoms with Crippen LogP contribution in [0.5, 0.6) is 0 Å². The third-order valence-electron chi connectivity index (χ3n) is 4.56. The Bertz CT molecular complexity index is 220. The molecule has 3 N–H and O–H groups in total. The van der Waals surface area contributed by atoms with Crippen LogP contribution in [-0.4, -0.2) is 42.3 Å². The molecule has 0 saturated heterocycles. The Morgan fingerprint density at radius 2 is 1.94 bits per heavy atom. The number of nitrogens with zero attached hydrogens (tertiary/aromatic N) is 1. The first-order chi connectivity index (χ1) is 7.95. The zero-order valence-corrected chi connectivity index (χ0v) is 11.9. The summed E-state index contributed by atoms with van der Waals surface area (Å²) >= 11 is 0. The Morgan fingerprint density at radius 3 is 2.47 bits per heavy atom. The summed E-state index contributed by atoms with van der Waals surface area (Å²) in [6.45, 7) is 7.95. The first-order valence-electron chi connectivity index (χ1n) is 7.02. The van der Waals surface area contributed by atoms with Gasteiger partial charge in [0.2, 0.25) is 0 Å². The quantitative estimate of drug-likeness (QED) is 0.771. The topological polar surface area (TPSA) is 49.5 Å². The molecular formula is C14H30N2O. The summed E-state index contributed by atoms with van der Waals surface area (Å²) in [5, 5.41) is 9.17. The molecule has 0 bridgehead atoms. The molecule has 0 radical (unpaired) electrons. The van der Waals surface area contributed by atoms with Crippen molar-refractivity contribution in [3.63, 3.8) is 0 Å². The van der Waals surface area contributed by atoms with Gasteiger partial charge in [0.15, 0.2) is 0 Å². The number of hydrogen-bond acceptors (Lipinski definition) is 3. The molecule has 0 aromatic heterocycles. The normalized spacial score (nSPS) is 32.1. The van der Waals surface area contributed by atoms with Crippen LogP contribution < -0.4 is 5.73 Å². The van der Waals surface area contributed by atoms with Gasteiger partial charge in [0.05, 0.1) is 6.61 Å². The van der Waals surface area contributed by atoms with Crippen LogP contribution >= 0.6 is 0 Å². The van der Waals surface area contributed by atoms with E-state index in [2.05, 4.69) is 32.7 Å². The zero-order valence-electron chi connectivity index (χ0n) is 11.9. The van der Waals surface area contributed by atoms with Crippen molar-refractivity contribution in [3.8, 4) is 0 Å². The van der Waals surface area contributed by atoms with Gasteiger partial charge in [-0.15, -0.1) is 0 Å². The van der Waals surface area contributed by atoms with Crippen LogP contribution in [0.1, 0.15) is 40.0 Å². The molecule has 1 aliphatic rings. The van der Waals surface area contributed by atoms with Gasteiger partial charge in [-0.05, 0) is 51.0 Å². The predicted molar refractivity (Wildman–Crippen MR) is 72.8 cm³/mol. The van der Waals surface area contributed by atoms with E-state index in [9.17, 15) is 0 Å². The standard InChI is InChI=1S/C14H30N2O/c1-10(2)12-5-6-14(15)13(7-12)8-16(4)11(3)9-17/h10-14,17H,5-9,15H2,1-4H3. The molecule has 1 saturated carbocycles. The minimum Gasteiger partial charge on any atom is -0.395 e. The van der Waals surface area contributed by atoms with Crippen LogP contribution in [0.4, 0.5) is 0 Å². The molecule has 0 amide bonds. The Hall–Kier alpha value is -0.120. The van der Waals surface area contributed by atoms with Crippen molar-refractivity contribution in [1.29, 1.82) is 0 Å². The van der Waals surface area contributed by atoms with Crippen molar-refractivity contribution in [2.75, 3.05) is 20.2 Å². The molecule has 3 nitrogen and oxygen atoms in total. The Morgan fingerprint density at radius 1 is 1.29 bits per heavy atom. The van der Waals surface area contributed by atoms with E-state index in [1.807, 2.05) is 0 Å². The number of nitrogens with two attached hydrogens (primary N) is 1. The fraction of sp³-hybridized carbons (Fsp3) is 1.00. The van der Waals surface area contributed by atoms with Crippen molar-refractivity contribution in [2.45, 2.75) is 52.1 Å². The van der Waals surface area contributed by atoms with Crippen LogP contribution in [0, 0.1) is 17.8 Å². The maximum atomic E-state index is 9.17. The van der Waals surface area contributed by atoms with E-state index in [1.54, 1.807) is 0 Å². The first kappa shape index (κ1) is 14.9. The van der Waals surface area contributed by atoms with E-state index in [4.69, 9.17) is 10.8 Å². The van der Waals surface area contributed by atoms with Gasteiger partial charge >= 0.3 is 0 Å². The van der Waals surface area contributed by atoms with Crippen molar-refractivity contribution >= 4 is 0 Å². The summed E-state index contributed by atoms with van der Waals surface area (Å²) in [5.74, 6) is 2.19. The van der Waals surface area contributed by atoms with Gasteiger partial charge in [-0.25, -0.2) is 0 Å². The fourth-order valence-electron chi connectivity index (χ4n) is 2.83. The summed E-state index contributed by atoms with van der Waals surface area (Å²) in [5.41, 5.74) is 6.24. The van der Waals surface area contributed by atoms with Gasteiger partial charge in [0.25, 0.3) is 0 Å². The second kappa shape index (κ2) is 6.72. The number of likely N-dealkylation sites (N-methyl/N-ethyl adjacent to an activating group) is 1. The number of rotatable bonds is 5. The highest BCUT2D eigenvalue weighted by molar-refractivity contribution is 4.85. The lowest BCUT2D eigenvalue weighted by Crippen LogP contribution is -2.45. The molecule has 1 aliphatic carbocycles. The molecule has 1 rings (SSSR count). The lowest BCUT2D eigenvalue weighted by molar-refractivity contribution is 0.105. The molecule has 0 aromatic rings. The summed E-state index contributed by atoms with van der Waals surface area (Å²) in [4.78, 5) is 2.24. The van der Waals surface area contributed by atoms with Gasteiger partial charge in [-0.3, -0.25) is 0 Å². The van der Waals surface area contributed by atoms with E-state index < -0.39 is 0 Å². The van der Waals surface area contributed by atoms with Crippen LogP contribution in [0.3, 0.4) is 0 Å². The van der Waals surface area contributed by atoms with Gasteiger partial charge in [-0.1, -0.05) is 13.8 Å². The summed E-state index contributed by atoms with van der Waals surface area (Å²) in [6.07, 6.45) is 3.70. The lowest BCUT2D eigenvalue weighted by Gasteiger charge is -2.39. The van der Waals surface area contributed by atoms with Crippen LogP contribution in [0.2, 0.25) is 0 Å². The third kappa shape index (κ3) is 4.23. The Balaban J connectivity index is 2.49. The minimum absolute atomic E-state index is 0.228. The number of hydrogen-bond donors (Lipinski definition) is 2. The van der Waals surface area contributed by atoms with Gasteiger partial charge in [0.1, 0.15) is 0 Å². The highest BCUT2D eigenvalue weighted by atomic mass is 16.3. The Kier molecular flexibility index (Phi) is 5.90. The fourth-order valence-corrected chi connectivity index (χ4v) is 2.83. The molecule has 0 heterocycles. The van der Waals surface area contributed by atoms with Crippen LogP contribution in [0.15, 0.2) is 0 Å². The van der Waals surface area contributed by atoms with Crippen molar-refractivity contribution < 1.29 is 5.11 Å². The predicted octanol–water partition coefficient (Wildman–Crippen LogP) is 1.70. The second-order valence-corrected chi connectivity index (χ2v) is 6.21. The smallest absolute Gasteiger partial charge is 0.0584 e. The average molecular weight is 242 g/mol. The molecule has 0 aromatic carbocycles. The summed E-state index contributed by atoms with van der Waals surface area (Å²) in [6, 6.07) is 0.583. The molecule has 17 heavy (non-hydrogen) atoms. The SMILES string of the molecule is CC(C)C1CCC(N)C(CN(C)C(C)CO)C1. The van der Waals surface area contributed by atoms with Crippen molar-refractivity contribution in [2.24, 2.45) is 23.5 Å². The monoisotopic (exact) mass is 242 g/mol. The maximum Gasteiger partial charge on any atom is 0.0584 e. The molecular weight excluding hydrogens is 212 g/mol. The largest absolute Gasteiger partial charge is 0.395 e. The molecule has 0 spiro atoms. The lowest BCUT2D eigenvalue weighted by atomic mass is 9.73. The highest BCUT2D eigenvalue weighted by Crippen LogP contribution is 2.33. The molecule has 1 fully saturated rings. The van der Waals surface area contributed by atoms with Crippen LogP contribution in [-0.2, 0) is 0 Å². The molecule has 102 valence electrons. The average Bonchev–Trinajstić information content (AvgIpc) is 2.30. The number of aliphatic hydroxyl groups is 1. The van der Waals surface area contributed by atoms with E-state index in [-0.39, 0.29) is 12.6 Å². The van der Waals surface area contributed by atoms with E-state index in [0.29, 0.717) is 12.0 Å². The third-order valence-corrected chi connectivity index (χ3v) is 4.56. The van der Waals surface area contributed by atoms with E-state index in [1.165, 1.54) is 12.8 Å². The minimum atomic E-state index is 0.228. The maximum absolute atomic E-state index is 9.17. The second-order valence-electron chi connectivity index (χ2n) is 6.21. The zero-order chi connectivity index (χ0) is 13.0. The molecule has 3 heteroatoms. The van der Waals surface area contributed by atoms with E-state index >= 15 is 0 Å². The molecule has 0 aliphatic heterocycles. The van der Waals surface area contributed by atoms with Gasteiger partial charge in [0, 0.05) is 18.6 Å². The first-order valence-corrected chi connectivity index (χ1v) is 7.02.